The molecule has 2 saturated heterocycles. The minimum atomic E-state index is 0.354. The maximum absolute atomic E-state index is 3.45. The molecule has 0 atom stereocenters. The Kier molecular flexibility index (Phi) is 5.05. The molecule has 0 aromatic carbocycles. The van der Waals surface area contributed by atoms with Crippen molar-refractivity contribution in [2.75, 3.05) is 46.3 Å². The molecule has 3 nitrogen and oxygen atoms in total. The highest BCUT2D eigenvalue weighted by molar-refractivity contribution is 4.88. The topological polar surface area (TPSA) is 18.5 Å². The third kappa shape index (κ3) is 3.94. The van der Waals surface area contributed by atoms with E-state index in [1.165, 1.54) is 65.0 Å². The van der Waals surface area contributed by atoms with Crippen molar-refractivity contribution in [1.82, 2.24) is 15.1 Å². The van der Waals surface area contributed by atoms with Gasteiger partial charge in [0.25, 0.3) is 0 Å². The number of nitrogens with one attached hydrogen (secondary N) is 1. The van der Waals surface area contributed by atoms with Gasteiger partial charge < -0.3 is 10.2 Å². The fourth-order valence-electron chi connectivity index (χ4n) is 3.31. The lowest BCUT2D eigenvalue weighted by Crippen LogP contribution is -2.57. The van der Waals surface area contributed by atoms with Crippen LogP contribution in [0.3, 0.4) is 0 Å². The van der Waals surface area contributed by atoms with Crippen molar-refractivity contribution in [2.24, 2.45) is 5.92 Å². The molecule has 0 aromatic rings. The Bertz CT molecular complexity index is 246. The van der Waals surface area contributed by atoms with Gasteiger partial charge in [-0.15, -0.1) is 0 Å². The molecule has 0 spiro atoms. The summed E-state index contributed by atoms with van der Waals surface area (Å²) in [6.45, 7) is 12.2. The smallest absolute Gasteiger partial charge is 0.0277 e. The van der Waals surface area contributed by atoms with Crippen LogP contribution in [0.2, 0.25) is 0 Å². The lowest BCUT2D eigenvalue weighted by Gasteiger charge is -2.45. The maximum atomic E-state index is 3.45. The molecule has 2 aliphatic heterocycles. The zero-order valence-electron chi connectivity index (χ0n) is 12.5. The van der Waals surface area contributed by atoms with Gasteiger partial charge in [0.2, 0.25) is 0 Å². The van der Waals surface area contributed by atoms with Crippen molar-refractivity contribution in [3.8, 4) is 0 Å². The van der Waals surface area contributed by atoms with Crippen LogP contribution in [0.1, 0.15) is 39.5 Å². The number of likely N-dealkylation sites (N-methyl/N-ethyl adjacent to an activating group) is 1. The Morgan fingerprint density at radius 2 is 1.89 bits per heavy atom. The third-order valence-corrected chi connectivity index (χ3v) is 4.94. The largest absolute Gasteiger partial charge is 0.317 e. The van der Waals surface area contributed by atoms with Crippen LogP contribution in [-0.4, -0.2) is 61.7 Å². The van der Waals surface area contributed by atoms with Gasteiger partial charge in [-0.25, -0.2) is 0 Å². The zero-order chi connectivity index (χ0) is 13.0. The van der Waals surface area contributed by atoms with Crippen LogP contribution in [0.5, 0.6) is 0 Å². The van der Waals surface area contributed by atoms with Gasteiger partial charge in [0, 0.05) is 25.2 Å². The second-order valence-corrected chi connectivity index (χ2v) is 6.85. The Balaban J connectivity index is 1.64. The van der Waals surface area contributed by atoms with Crippen LogP contribution >= 0.6 is 0 Å². The van der Waals surface area contributed by atoms with Crippen molar-refractivity contribution in [2.45, 2.75) is 45.1 Å². The monoisotopic (exact) mass is 253 g/mol. The van der Waals surface area contributed by atoms with Gasteiger partial charge in [0.1, 0.15) is 0 Å². The number of nitrogens with zero attached hydrogens (tertiary/aromatic N) is 2. The lowest BCUT2D eigenvalue weighted by atomic mass is 9.93. The molecular weight excluding hydrogens is 222 g/mol. The molecule has 0 aliphatic carbocycles. The second-order valence-electron chi connectivity index (χ2n) is 6.85. The molecule has 2 aliphatic rings. The van der Waals surface area contributed by atoms with Crippen LogP contribution in [0.25, 0.3) is 0 Å². The Hall–Kier alpha value is -0.120. The van der Waals surface area contributed by atoms with E-state index in [-0.39, 0.29) is 0 Å². The molecule has 2 rings (SSSR count). The van der Waals surface area contributed by atoms with Crippen LogP contribution in [0.15, 0.2) is 0 Å². The number of piperidine rings is 1. The highest BCUT2D eigenvalue weighted by atomic mass is 15.3. The van der Waals surface area contributed by atoms with Gasteiger partial charge in [-0.3, -0.25) is 4.90 Å². The Labute approximate surface area is 113 Å². The van der Waals surface area contributed by atoms with E-state index < -0.39 is 0 Å². The zero-order valence-corrected chi connectivity index (χ0v) is 12.5. The predicted molar refractivity (Wildman–Crippen MR) is 78.0 cm³/mol. The summed E-state index contributed by atoms with van der Waals surface area (Å²) >= 11 is 0. The maximum Gasteiger partial charge on any atom is 0.0277 e. The second kappa shape index (κ2) is 6.36. The predicted octanol–water partition coefficient (Wildman–Crippen LogP) is 1.79. The molecule has 0 unspecified atom stereocenters. The average Bonchev–Trinajstić information content (AvgIpc) is 2.35. The fraction of sp³-hybridized carbons (Fsp3) is 1.00. The number of rotatable bonds is 4. The first-order chi connectivity index (χ1) is 8.58. The Morgan fingerprint density at radius 3 is 2.56 bits per heavy atom. The van der Waals surface area contributed by atoms with Crippen LogP contribution in [-0.2, 0) is 0 Å². The first-order valence-corrected chi connectivity index (χ1v) is 7.72. The van der Waals surface area contributed by atoms with Gasteiger partial charge >= 0.3 is 0 Å². The SMILES string of the molecule is CN1CCN(CCCC2CCNCC2)CC1(C)C. The highest BCUT2D eigenvalue weighted by Gasteiger charge is 2.30. The van der Waals surface area contributed by atoms with Crippen molar-refractivity contribution in [3.05, 3.63) is 0 Å². The molecule has 106 valence electrons. The van der Waals surface area contributed by atoms with E-state index in [2.05, 4.69) is 36.0 Å². The molecule has 3 heteroatoms. The van der Waals surface area contributed by atoms with Gasteiger partial charge in [0.05, 0.1) is 0 Å². The Morgan fingerprint density at radius 1 is 1.17 bits per heavy atom. The summed E-state index contributed by atoms with van der Waals surface area (Å²) in [6.07, 6.45) is 5.63. The van der Waals surface area contributed by atoms with E-state index in [0.29, 0.717) is 5.54 Å². The third-order valence-electron chi connectivity index (χ3n) is 4.94. The number of hydrogen-bond donors (Lipinski definition) is 1. The quantitative estimate of drug-likeness (QED) is 0.824. The summed E-state index contributed by atoms with van der Waals surface area (Å²) in [6, 6.07) is 0. The molecule has 0 bridgehead atoms. The molecule has 1 N–H and O–H groups in total. The number of hydrogen-bond acceptors (Lipinski definition) is 3. The van der Waals surface area contributed by atoms with Crippen molar-refractivity contribution >= 4 is 0 Å². The fourth-order valence-corrected chi connectivity index (χ4v) is 3.31. The van der Waals surface area contributed by atoms with Gasteiger partial charge in [-0.1, -0.05) is 0 Å². The minimum Gasteiger partial charge on any atom is -0.317 e. The molecule has 0 amide bonds. The van der Waals surface area contributed by atoms with E-state index in [4.69, 9.17) is 0 Å². The summed E-state index contributed by atoms with van der Waals surface area (Å²) in [7, 11) is 2.26. The van der Waals surface area contributed by atoms with Crippen LogP contribution < -0.4 is 5.32 Å². The summed E-state index contributed by atoms with van der Waals surface area (Å²) in [5, 5.41) is 3.45. The van der Waals surface area contributed by atoms with Crippen molar-refractivity contribution in [1.29, 1.82) is 0 Å². The molecule has 2 heterocycles. The molecule has 0 saturated carbocycles. The first-order valence-electron chi connectivity index (χ1n) is 7.72. The van der Waals surface area contributed by atoms with Crippen LogP contribution in [0.4, 0.5) is 0 Å². The molecule has 0 aromatic heterocycles. The van der Waals surface area contributed by atoms with Gasteiger partial charge in [-0.05, 0) is 72.1 Å². The standard InChI is InChI=1S/C15H31N3/c1-15(2)13-18(12-11-17(15)3)10-4-5-14-6-8-16-9-7-14/h14,16H,4-13H2,1-3H3. The number of piperazine rings is 1. The van der Waals surface area contributed by atoms with E-state index in [1.807, 2.05) is 0 Å². The molecule has 2 fully saturated rings. The van der Waals surface area contributed by atoms with Crippen LogP contribution in [0, 0.1) is 5.92 Å². The minimum absolute atomic E-state index is 0.354. The average molecular weight is 253 g/mol. The normalized spacial score (nSPS) is 27.5. The van der Waals surface area contributed by atoms with Crippen molar-refractivity contribution < 1.29 is 0 Å². The summed E-state index contributed by atoms with van der Waals surface area (Å²) in [5.74, 6) is 0.992. The van der Waals surface area contributed by atoms with Gasteiger partial charge in [-0.2, -0.15) is 0 Å². The van der Waals surface area contributed by atoms with E-state index >= 15 is 0 Å². The molecule has 18 heavy (non-hydrogen) atoms. The van der Waals surface area contributed by atoms with E-state index in [9.17, 15) is 0 Å². The van der Waals surface area contributed by atoms with Gasteiger partial charge in [0.15, 0.2) is 0 Å². The molecular formula is C15H31N3. The summed E-state index contributed by atoms with van der Waals surface area (Å²) in [5.41, 5.74) is 0.354. The van der Waals surface area contributed by atoms with Crippen molar-refractivity contribution in [3.63, 3.8) is 0 Å². The van der Waals surface area contributed by atoms with E-state index in [1.54, 1.807) is 0 Å². The molecule has 0 radical (unpaired) electrons. The first kappa shape index (κ1) is 14.3. The highest BCUT2D eigenvalue weighted by Crippen LogP contribution is 2.21. The summed E-state index contributed by atoms with van der Waals surface area (Å²) in [4.78, 5) is 5.16. The lowest BCUT2D eigenvalue weighted by molar-refractivity contribution is 0.0385. The summed E-state index contributed by atoms with van der Waals surface area (Å²) < 4.78 is 0. The van der Waals surface area contributed by atoms with E-state index in [0.717, 1.165) is 5.92 Å².